The second kappa shape index (κ2) is 8.45. The molecule has 1 aliphatic heterocycles. The number of carbonyl (C=O) groups excluding carboxylic acids is 1. The number of amides is 1. The number of hydrogen-bond donors (Lipinski definition) is 1. The smallest absolute Gasteiger partial charge is 0.264 e. The summed E-state index contributed by atoms with van der Waals surface area (Å²) in [6, 6.07) is 9.47. The molecule has 142 valence electrons. The van der Waals surface area contributed by atoms with Gasteiger partial charge in [-0.3, -0.25) is 4.79 Å². The minimum absolute atomic E-state index is 0.131. The van der Waals surface area contributed by atoms with Crippen molar-refractivity contribution < 1.29 is 14.3 Å². The zero-order valence-corrected chi connectivity index (χ0v) is 16.7. The van der Waals surface area contributed by atoms with Crippen LogP contribution in [0.1, 0.15) is 17.0 Å². The van der Waals surface area contributed by atoms with Gasteiger partial charge in [0.2, 0.25) is 0 Å². The lowest BCUT2D eigenvalue weighted by Gasteiger charge is -2.08. The van der Waals surface area contributed by atoms with Crippen molar-refractivity contribution in [2.24, 2.45) is 4.99 Å². The first-order chi connectivity index (χ1) is 13.0. The van der Waals surface area contributed by atoms with Crippen LogP contribution in [-0.2, 0) is 16.1 Å². The van der Waals surface area contributed by atoms with Crippen LogP contribution < -0.4 is 10.1 Å². The van der Waals surface area contributed by atoms with Gasteiger partial charge < -0.3 is 19.4 Å². The van der Waals surface area contributed by atoms with E-state index in [1.807, 2.05) is 30.3 Å². The van der Waals surface area contributed by atoms with Crippen molar-refractivity contribution in [1.29, 1.82) is 0 Å². The topological polar surface area (TPSA) is 64.8 Å². The molecule has 2 heterocycles. The maximum absolute atomic E-state index is 12.3. The Labute approximate surface area is 163 Å². The van der Waals surface area contributed by atoms with E-state index in [0.29, 0.717) is 16.7 Å². The summed E-state index contributed by atoms with van der Waals surface area (Å²) in [7, 11) is 3.32. The third kappa shape index (κ3) is 4.43. The molecule has 1 fully saturated rings. The first kappa shape index (κ1) is 19.3. The van der Waals surface area contributed by atoms with Gasteiger partial charge in [0.1, 0.15) is 5.75 Å². The number of benzene rings is 1. The van der Waals surface area contributed by atoms with E-state index in [4.69, 9.17) is 9.47 Å². The first-order valence-electron chi connectivity index (χ1n) is 8.61. The van der Waals surface area contributed by atoms with Gasteiger partial charge in [0, 0.05) is 25.0 Å². The molecule has 1 saturated heterocycles. The Morgan fingerprint density at radius 2 is 1.96 bits per heavy atom. The van der Waals surface area contributed by atoms with Gasteiger partial charge >= 0.3 is 0 Å². The van der Waals surface area contributed by atoms with Gasteiger partial charge in [0.25, 0.3) is 5.91 Å². The molecule has 1 aromatic carbocycles. The molecular formula is C20H23N3O3S. The van der Waals surface area contributed by atoms with Gasteiger partial charge in [-0.15, -0.1) is 0 Å². The molecule has 1 N–H and O–H groups in total. The third-order valence-electron chi connectivity index (χ3n) is 4.37. The summed E-state index contributed by atoms with van der Waals surface area (Å²) in [6.07, 6.45) is 1.92. The Bertz CT molecular complexity index is 898. The van der Waals surface area contributed by atoms with Crippen molar-refractivity contribution in [2.75, 3.05) is 20.8 Å². The third-order valence-corrected chi connectivity index (χ3v) is 5.28. The number of carbonyl (C=O) groups is 1. The molecule has 1 aliphatic rings. The Kier molecular flexibility index (Phi) is 6.03. The number of nitrogens with zero attached hydrogens (tertiary/aromatic N) is 2. The Morgan fingerprint density at radius 1 is 1.22 bits per heavy atom. The van der Waals surface area contributed by atoms with Gasteiger partial charge in [0.15, 0.2) is 5.17 Å². The maximum atomic E-state index is 12.3. The summed E-state index contributed by atoms with van der Waals surface area (Å²) in [5.41, 5.74) is 4.06. The van der Waals surface area contributed by atoms with Gasteiger partial charge in [-0.1, -0.05) is 0 Å². The first-order valence-corrected chi connectivity index (χ1v) is 9.42. The molecule has 0 unspecified atom stereocenters. The molecule has 0 radical (unpaired) electrons. The lowest BCUT2D eigenvalue weighted by molar-refractivity contribution is -0.115. The average Bonchev–Trinajstić information content (AvgIpc) is 3.13. The normalized spacial score (nSPS) is 17.0. The minimum atomic E-state index is -0.131. The predicted octanol–water partition coefficient (Wildman–Crippen LogP) is 3.65. The summed E-state index contributed by atoms with van der Waals surface area (Å²) < 4.78 is 12.5. The largest absolute Gasteiger partial charge is 0.497 e. The highest BCUT2D eigenvalue weighted by atomic mass is 32.2. The standard InChI is InChI=1S/C20H23N3O3S/c1-13-11-15(14(2)23(13)9-10-25-3)12-18-19(24)22-20(27-18)21-16-5-7-17(26-4)8-6-16/h5-8,11-12H,9-10H2,1-4H3,(H,21,22,24). The molecule has 6 nitrogen and oxygen atoms in total. The zero-order chi connectivity index (χ0) is 19.4. The molecule has 0 aliphatic carbocycles. The monoisotopic (exact) mass is 385 g/mol. The Hall–Kier alpha value is -2.51. The van der Waals surface area contributed by atoms with Crippen LogP contribution in [0.5, 0.6) is 5.75 Å². The van der Waals surface area contributed by atoms with E-state index in [9.17, 15) is 4.79 Å². The van der Waals surface area contributed by atoms with E-state index in [2.05, 4.69) is 34.8 Å². The van der Waals surface area contributed by atoms with Crippen LogP contribution in [0, 0.1) is 13.8 Å². The van der Waals surface area contributed by atoms with Crippen molar-refractivity contribution in [3.63, 3.8) is 0 Å². The average molecular weight is 385 g/mol. The van der Waals surface area contributed by atoms with Crippen LogP contribution in [0.15, 0.2) is 40.2 Å². The molecule has 7 heteroatoms. The molecule has 27 heavy (non-hydrogen) atoms. The molecule has 2 aromatic rings. The zero-order valence-electron chi connectivity index (χ0n) is 15.9. The lowest BCUT2D eigenvalue weighted by Crippen LogP contribution is -2.19. The summed E-state index contributed by atoms with van der Waals surface area (Å²) >= 11 is 1.35. The highest BCUT2D eigenvalue weighted by Crippen LogP contribution is 2.30. The molecule has 0 bridgehead atoms. The van der Waals surface area contributed by atoms with Crippen LogP contribution in [0.3, 0.4) is 0 Å². The quantitative estimate of drug-likeness (QED) is 0.771. The lowest BCUT2D eigenvalue weighted by atomic mass is 10.2. The molecule has 3 rings (SSSR count). The molecule has 1 amide bonds. The number of amidine groups is 1. The van der Waals surface area contributed by atoms with Crippen LogP contribution in [0.2, 0.25) is 0 Å². The number of thioether (sulfide) groups is 1. The fourth-order valence-corrected chi connectivity index (χ4v) is 3.73. The number of ether oxygens (including phenoxy) is 2. The van der Waals surface area contributed by atoms with Gasteiger partial charge in [-0.05, 0) is 67.6 Å². The second-order valence-electron chi connectivity index (χ2n) is 6.15. The number of nitrogens with one attached hydrogen (secondary N) is 1. The minimum Gasteiger partial charge on any atom is -0.497 e. The van der Waals surface area contributed by atoms with Crippen LogP contribution in [0.4, 0.5) is 5.69 Å². The van der Waals surface area contributed by atoms with Gasteiger partial charge in [-0.2, -0.15) is 0 Å². The van der Waals surface area contributed by atoms with Crippen LogP contribution >= 0.6 is 11.8 Å². The molecule has 1 aromatic heterocycles. The van der Waals surface area contributed by atoms with Crippen molar-refractivity contribution in [3.05, 3.63) is 52.2 Å². The highest BCUT2D eigenvalue weighted by molar-refractivity contribution is 8.18. The summed E-state index contributed by atoms with van der Waals surface area (Å²) in [4.78, 5) is 17.5. The van der Waals surface area contributed by atoms with E-state index in [1.54, 1.807) is 14.2 Å². The molecular weight excluding hydrogens is 362 g/mol. The van der Waals surface area contributed by atoms with Crippen molar-refractivity contribution in [3.8, 4) is 5.75 Å². The van der Waals surface area contributed by atoms with Crippen molar-refractivity contribution in [1.82, 2.24) is 9.88 Å². The second-order valence-corrected chi connectivity index (χ2v) is 7.18. The van der Waals surface area contributed by atoms with Crippen molar-refractivity contribution >= 4 is 34.6 Å². The SMILES string of the molecule is COCCn1c(C)cc(C=C2SC(=Nc3ccc(OC)cc3)NC2=O)c1C. The van der Waals surface area contributed by atoms with E-state index in [1.165, 1.54) is 11.8 Å². The number of aromatic nitrogens is 1. The van der Waals surface area contributed by atoms with Crippen LogP contribution in [-0.4, -0.2) is 36.5 Å². The number of rotatable bonds is 6. The molecule has 0 saturated carbocycles. The fourth-order valence-electron chi connectivity index (χ4n) is 2.90. The predicted molar refractivity (Wildman–Crippen MR) is 110 cm³/mol. The highest BCUT2D eigenvalue weighted by Gasteiger charge is 2.24. The fraction of sp³-hybridized carbons (Fsp3) is 0.300. The van der Waals surface area contributed by atoms with E-state index in [0.717, 1.165) is 34.9 Å². The van der Waals surface area contributed by atoms with E-state index >= 15 is 0 Å². The summed E-state index contributed by atoms with van der Waals surface area (Å²) in [5, 5.41) is 3.40. The number of hydrogen-bond acceptors (Lipinski definition) is 5. The number of aryl methyl sites for hydroxylation is 1. The van der Waals surface area contributed by atoms with E-state index in [-0.39, 0.29) is 5.91 Å². The molecule has 0 spiro atoms. The molecule has 0 atom stereocenters. The summed E-state index contributed by atoms with van der Waals surface area (Å²) in [6.45, 7) is 5.56. The Balaban J connectivity index is 1.80. The number of methoxy groups -OCH3 is 2. The summed E-state index contributed by atoms with van der Waals surface area (Å²) in [5.74, 6) is 0.639. The maximum Gasteiger partial charge on any atom is 0.264 e. The number of aliphatic imine (C=N–C) groups is 1. The Morgan fingerprint density at radius 3 is 2.63 bits per heavy atom. The van der Waals surface area contributed by atoms with Crippen molar-refractivity contribution in [2.45, 2.75) is 20.4 Å². The van der Waals surface area contributed by atoms with Gasteiger partial charge in [0.05, 0.1) is 24.3 Å². The van der Waals surface area contributed by atoms with E-state index < -0.39 is 0 Å². The van der Waals surface area contributed by atoms with Gasteiger partial charge in [-0.25, -0.2) is 4.99 Å². The van der Waals surface area contributed by atoms with Crippen LogP contribution in [0.25, 0.3) is 6.08 Å².